The standard InChI is InChI=1S/C24H23NO4/c26-23(25-16-15-19-7-3-1-4-8-19)18-28-22-13-11-21(12-14-22)24(27)29-17-20-9-5-2-6-10-20/h1-14H,15-18H2,(H,25,26). The molecule has 0 radical (unpaired) electrons. The molecule has 3 aromatic rings. The van der Waals surface area contributed by atoms with Crippen LogP contribution >= 0.6 is 0 Å². The summed E-state index contributed by atoms with van der Waals surface area (Å²) in [6, 6.07) is 26.0. The van der Waals surface area contributed by atoms with Crippen LogP contribution in [0.5, 0.6) is 5.75 Å². The van der Waals surface area contributed by atoms with E-state index in [1.807, 2.05) is 60.7 Å². The first-order valence-electron chi connectivity index (χ1n) is 9.45. The molecule has 0 heterocycles. The van der Waals surface area contributed by atoms with Crippen molar-refractivity contribution in [2.45, 2.75) is 13.0 Å². The number of nitrogens with one attached hydrogen (secondary N) is 1. The van der Waals surface area contributed by atoms with E-state index >= 15 is 0 Å². The van der Waals surface area contributed by atoms with Gasteiger partial charge in [-0.2, -0.15) is 0 Å². The number of amides is 1. The zero-order valence-electron chi connectivity index (χ0n) is 16.0. The largest absolute Gasteiger partial charge is 0.484 e. The van der Waals surface area contributed by atoms with Crippen molar-refractivity contribution in [1.82, 2.24) is 5.32 Å². The summed E-state index contributed by atoms with van der Waals surface area (Å²) in [6.45, 7) is 0.700. The molecule has 0 aliphatic carbocycles. The predicted octanol–water partition coefficient (Wildman–Crippen LogP) is 3.78. The number of hydrogen-bond acceptors (Lipinski definition) is 4. The highest BCUT2D eigenvalue weighted by atomic mass is 16.5. The van der Waals surface area contributed by atoms with Gasteiger partial charge < -0.3 is 14.8 Å². The van der Waals surface area contributed by atoms with E-state index in [0.717, 1.165) is 12.0 Å². The Morgan fingerprint density at radius 2 is 1.38 bits per heavy atom. The van der Waals surface area contributed by atoms with Crippen LogP contribution in [0, 0.1) is 0 Å². The third-order valence-corrected chi connectivity index (χ3v) is 4.25. The fourth-order valence-corrected chi connectivity index (χ4v) is 2.68. The lowest BCUT2D eigenvalue weighted by atomic mass is 10.1. The van der Waals surface area contributed by atoms with Gasteiger partial charge in [0.25, 0.3) is 5.91 Å². The lowest BCUT2D eigenvalue weighted by Gasteiger charge is -2.09. The summed E-state index contributed by atoms with van der Waals surface area (Å²) in [6.07, 6.45) is 0.770. The first-order chi connectivity index (χ1) is 14.2. The molecular formula is C24H23NO4. The van der Waals surface area contributed by atoms with Crippen molar-refractivity contribution >= 4 is 11.9 Å². The van der Waals surface area contributed by atoms with E-state index in [4.69, 9.17) is 9.47 Å². The maximum Gasteiger partial charge on any atom is 0.338 e. The van der Waals surface area contributed by atoms with Crippen LogP contribution < -0.4 is 10.1 Å². The number of carbonyl (C=O) groups excluding carboxylic acids is 2. The molecule has 5 heteroatoms. The van der Waals surface area contributed by atoms with Gasteiger partial charge in [0, 0.05) is 6.54 Å². The van der Waals surface area contributed by atoms with Crippen molar-refractivity contribution in [3.8, 4) is 5.75 Å². The molecule has 3 rings (SSSR count). The molecule has 0 fully saturated rings. The van der Waals surface area contributed by atoms with Crippen LogP contribution in [0.2, 0.25) is 0 Å². The number of ether oxygens (including phenoxy) is 2. The number of hydrogen-bond donors (Lipinski definition) is 1. The van der Waals surface area contributed by atoms with Crippen LogP contribution in [0.3, 0.4) is 0 Å². The summed E-state index contributed by atoms with van der Waals surface area (Å²) in [5.41, 5.74) is 2.53. The summed E-state index contributed by atoms with van der Waals surface area (Å²) in [7, 11) is 0. The highest BCUT2D eigenvalue weighted by Gasteiger charge is 2.08. The Bertz CT molecular complexity index is 909. The van der Waals surface area contributed by atoms with Gasteiger partial charge in [-0.05, 0) is 41.8 Å². The number of benzene rings is 3. The summed E-state index contributed by atoms with van der Waals surface area (Å²) < 4.78 is 10.8. The maximum atomic E-state index is 12.1. The van der Waals surface area contributed by atoms with E-state index < -0.39 is 5.97 Å². The molecular weight excluding hydrogens is 366 g/mol. The number of esters is 1. The first kappa shape index (κ1) is 20.1. The molecule has 5 nitrogen and oxygen atoms in total. The fraction of sp³-hybridized carbons (Fsp3) is 0.167. The molecule has 0 aromatic heterocycles. The normalized spacial score (nSPS) is 10.2. The van der Waals surface area contributed by atoms with E-state index in [1.165, 1.54) is 5.56 Å². The van der Waals surface area contributed by atoms with Gasteiger partial charge in [0.2, 0.25) is 0 Å². The summed E-state index contributed by atoms with van der Waals surface area (Å²) in [5, 5.41) is 2.83. The molecule has 0 aliphatic heterocycles. The molecule has 1 N–H and O–H groups in total. The number of carbonyl (C=O) groups is 2. The Morgan fingerprint density at radius 1 is 0.759 bits per heavy atom. The molecule has 3 aromatic carbocycles. The van der Waals surface area contributed by atoms with Gasteiger partial charge in [-0.25, -0.2) is 4.79 Å². The molecule has 0 saturated carbocycles. The van der Waals surface area contributed by atoms with Gasteiger partial charge in [-0.3, -0.25) is 4.79 Å². The van der Waals surface area contributed by atoms with Crippen molar-refractivity contribution in [2.75, 3.05) is 13.2 Å². The van der Waals surface area contributed by atoms with E-state index in [-0.39, 0.29) is 19.1 Å². The predicted molar refractivity (Wildman–Crippen MR) is 111 cm³/mol. The average Bonchev–Trinajstić information content (AvgIpc) is 2.78. The second-order valence-electron chi connectivity index (χ2n) is 6.46. The van der Waals surface area contributed by atoms with Crippen LogP contribution in [0.25, 0.3) is 0 Å². The lowest BCUT2D eigenvalue weighted by molar-refractivity contribution is -0.123. The molecule has 0 atom stereocenters. The second kappa shape index (κ2) is 10.7. The average molecular weight is 389 g/mol. The van der Waals surface area contributed by atoms with Gasteiger partial charge in [0.15, 0.2) is 6.61 Å². The lowest BCUT2D eigenvalue weighted by Crippen LogP contribution is -2.30. The van der Waals surface area contributed by atoms with Crippen molar-refractivity contribution in [3.05, 3.63) is 102 Å². The second-order valence-corrected chi connectivity index (χ2v) is 6.46. The minimum atomic E-state index is -0.404. The van der Waals surface area contributed by atoms with E-state index in [2.05, 4.69) is 5.32 Å². The maximum absolute atomic E-state index is 12.1. The Labute approximate surface area is 170 Å². The van der Waals surface area contributed by atoms with Gasteiger partial charge >= 0.3 is 5.97 Å². The molecule has 148 valence electrons. The van der Waals surface area contributed by atoms with Crippen LogP contribution in [-0.4, -0.2) is 25.0 Å². The molecule has 0 aliphatic rings. The molecule has 0 bridgehead atoms. The molecule has 0 unspecified atom stereocenters. The zero-order chi connectivity index (χ0) is 20.3. The molecule has 1 amide bonds. The molecule has 29 heavy (non-hydrogen) atoms. The van der Waals surface area contributed by atoms with Crippen molar-refractivity contribution in [3.63, 3.8) is 0 Å². The molecule has 0 saturated heterocycles. The first-order valence-corrected chi connectivity index (χ1v) is 9.45. The SMILES string of the molecule is O=C(COc1ccc(C(=O)OCc2ccccc2)cc1)NCCc1ccccc1. The van der Waals surface area contributed by atoms with Crippen LogP contribution in [-0.2, 0) is 22.6 Å². The van der Waals surface area contributed by atoms with Crippen molar-refractivity contribution in [1.29, 1.82) is 0 Å². The van der Waals surface area contributed by atoms with Gasteiger partial charge in [-0.15, -0.1) is 0 Å². The Morgan fingerprint density at radius 3 is 2.03 bits per heavy atom. The van der Waals surface area contributed by atoms with Crippen LogP contribution in [0.1, 0.15) is 21.5 Å². The van der Waals surface area contributed by atoms with E-state index in [0.29, 0.717) is 17.9 Å². The van der Waals surface area contributed by atoms with Crippen LogP contribution in [0.15, 0.2) is 84.9 Å². The fourth-order valence-electron chi connectivity index (χ4n) is 2.68. The Balaban J connectivity index is 1.38. The van der Waals surface area contributed by atoms with Gasteiger partial charge in [-0.1, -0.05) is 60.7 Å². The van der Waals surface area contributed by atoms with E-state index in [1.54, 1.807) is 24.3 Å². The topological polar surface area (TPSA) is 64.6 Å². The minimum Gasteiger partial charge on any atom is -0.484 e. The summed E-state index contributed by atoms with van der Waals surface area (Å²) in [5.74, 6) is -0.0749. The summed E-state index contributed by atoms with van der Waals surface area (Å²) >= 11 is 0. The van der Waals surface area contributed by atoms with E-state index in [9.17, 15) is 9.59 Å². The zero-order valence-corrected chi connectivity index (χ0v) is 16.0. The molecule has 0 spiro atoms. The van der Waals surface area contributed by atoms with Crippen LogP contribution in [0.4, 0.5) is 0 Å². The third kappa shape index (κ3) is 6.81. The van der Waals surface area contributed by atoms with Gasteiger partial charge in [0.05, 0.1) is 5.56 Å². The third-order valence-electron chi connectivity index (χ3n) is 4.25. The number of rotatable bonds is 9. The highest BCUT2D eigenvalue weighted by Crippen LogP contribution is 2.13. The highest BCUT2D eigenvalue weighted by molar-refractivity contribution is 5.89. The Hall–Kier alpha value is -3.60. The van der Waals surface area contributed by atoms with Crippen molar-refractivity contribution < 1.29 is 19.1 Å². The Kier molecular flexibility index (Phi) is 7.41. The quantitative estimate of drug-likeness (QED) is 0.566. The smallest absolute Gasteiger partial charge is 0.338 e. The minimum absolute atomic E-state index is 0.0768. The van der Waals surface area contributed by atoms with Crippen molar-refractivity contribution in [2.24, 2.45) is 0 Å². The van der Waals surface area contributed by atoms with Gasteiger partial charge in [0.1, 0.15) is 12.4 Å². The summed E-state index contributed by atoms with van der Waals surface area (Å²) in [4.78, 5) is 24.0. The monoisotopic (exact) mass is 389 g/mol.